The SMILES string of the molecule is COc1cc(F)c(C(=O)NSC)cc1Cl.FC(F)(F)Oc1ccc(N2CCCCC2)cc1Cl. The van der Waals surface area contributed by atoms with E-state index in [0.29, 0.717) is 0 Å². The van der Waals surface area contributed by atoms with Gasteiger partial charge in [0.25, 0.3) is 5.91 Å². The minimum atomic E-state index is -4.71. The number of piperidine rings is 1. The highest BCUT2D eigenvalue weighted by Gasteiger charge is 2.32. The van der Waals surface area contributed by atoms with Gasteiger partial charge >= 0.3 is 6.36 Å². The molecule has 0 spiro atoms. The van der Waals surface area contributed by atoms with Crippen molar-refractivity contribution in [1.82, 2.24) is 4.72 Å². The number of alkyl halides is 3. The highest BCUT2D eigenvalue weighted by atomic mass is 35.5. The summed E-state index contributed by atoms with van der Waals surface area (Å²) in [5.41, 5.74) is 0.740. The smallest absolute Gasteiger partial charge is 0.495 e. The summed E-state index contributed by atoms with van der Waals surface area (Å²) in [5, 5.41) is 0.181. The fraction of sp³-hybridized carbons (Fsp3) is 0.381. The Bertz CT molecular complexity index is 958. The molecule has 182 valence electrons. The number of nitrogens with one attached hydrogen (secondary N) is 1. The predicted octanol–water partition coefficient (Wildman–Crippen LogP) is 6.72. The number of amides is 1. The average Bonchev–Trinajstić information content (AvgIpc) is 2.76. The number of carbonyl (C=O) groups is 1. The van der Waals surface area contributed by atoms with Crippen molar-refractivity contribution in [2.75, 3.05) is 31.4 Å². The van der Waals surface area contributed by atoms with Crippen molar-refractivity contribution in [3.63, 3.8) is 0 Å². The number of hydrogen-bond acceptors (Lipinski definition) is 5. The lowest BCUT2D eigenvalue weighted by Gasteiger charge is -2.29. The van der Waals surface area contributed by atoms with Crippen molar-refractivity contribution in [1.29, 1.82) is 0 Å². The molecule has 0 aromatic heterocycles. The Balaban J connectivity index is 0.000000238. The third-order valence-corrected chi connectivity index (χ3v) is 5.52. The maximum atomic E-state index is 13.4. The van der Waals surface area contributed by atoms with Gasteiger partial charge < -0.3 is 14.4 Å². The number of rotatable bonds is 5. The Morgan fingerprint density at radius 2 is 1.70 bits per heavy atom. The summed E-state index contributed by atoms with van der Waals surface area (Å²) in [6.45, 7) is 1.83. The van der Waals surface area contributed by atoms with Gasteiger partial charge in [-0.15, -0.1) is 13.2 Å². The summed E-state index contributed by atoms with van der Waals surface area (Å²) >= 11 is 12.7. The molecule has 0 aliphatic carbocycles. The summed E-state index contributed by atoms with van der Waals surface area (Å²) in [6, 6.07) is 6.71. The first-order chi connectivity index (χ1) is 15.6. The minimum absolute atomic E-state index is 0.0181. The number of nitrogens with zero attached hydrogens (tertiary/aromatic N) is 1. The second-order valence-electron chi connectivity index (χ2n) is 6.81. The number of anilines is 1. The van der Waals surface area contributed by atoms with E-state index in [9.17, 15) is 22.4 Å². The van der Waals surface area contributed by atoms with E-state index < -0.39 is 18.1 Å². The first-order valence-electron chi connectivity index (χ1n) is 9.72. The molecule has 1 N–H and O–H groups in total. The normalized spacial score (nSPS) is 13.6. The molecule has 3 rings (SSSR count). The molecular weight excluding hydrogens is 507 g/mol. The number of carbonyl (C=O) groups excluding carboxylic acids is 1. The van der Waals surface area contributed by atoms with Gasteiger partial charge in [-0.1, -0.05) is 35.1 Å². The van der Waals surface area contributed by atoms with Crippen LogP contribution in [0.3, 0.4) is 0 Å². The number of benzene rings is 2. The first-order valence-corrected chi connectivity index (χ1v) is 11.7. The van der Waals surface area contributed by atoms with Crippen LogP contribution >= 0.6 is 35.1 Å². The lowest BCUT2D eigenvalue weighted by atomic mass is 10.1. The van der Waals surface area contributed by atoms with Crippen molar-refractivity contribution >= 4 is 46.7 Å². The van der Waals surface area contributed by atoms with Crippen LogP contribution < -0.4 is 19.1 Å². The standard InChI is InChI=1S/C12H13ClF3NO.C9H9ClFNO2S/c13-10-8-9(17-6-2-1-3-7-17)4-5-11(10)18-12(14,15)16;1-14-8-4-7(11)5(3-6(8)10)9(13)12-15-2/h4-5,8H,1-3,6-7H2;3-4H,1-2H3,(H,12,13). The topological polar surface area (TPSA) is 50.8 Å². The number of ether oxygens (including phenoxy) is 2. The van der Waals surface area contributed by atoms with E-state index in [4.69, 9.17) is 27.9 Å². The lowest BCUT2D eigenvalue weighted by Crippen LogP contribution is -2.29. The zero-order valence-electron chi connectivity index (χ0n) is 17.8. The molecule has 0 unspecified atom stereocenters. The van der Waals surface area contributed by atoms with Crippen LogP contribution in [-0.2, 0) is 0 Å². The largest absolute Gasteiger partial charge is 0.573 e. The summed E-state index contributed by atoms with van der Waals surface area (Å²) in [6.07, 6.45) is 0.341. The third-order valence-electron chi connectivity index (χ3n) is 4.54. The van der Waals surface area contributed by atoms with Crippen molar-refractivity contribution in [3.05, 3.63) is 51.8 Å². The van der Waals surface area contributed by atoms with Crippen LogP contribution in [0, 0.1) is 5.82 Å². The van der Waals surface area contributed by atoms with Gasteiger partial charge in [0, 0.05) is 31.1 Å². The van der Waals surface area contributed by atoms with Gasteiger partial charge in [0.2, 0.25) is 0 Å². The second-order valence-corrected chi connectivity index (χ2v) is 8.24. The van der Waals surface area contributed by atoms with Crippen molar-refractivity contribution in [3.8, 4) is 11.5 Å². The van der Waals surface area contributed by atoms with Crippen molar-refractivity contribution < 1.29 is 31.8 Å². The van der Waals surface area contributed by atoms with Gasteiger partial charge in [0.1, 0.15) is 17.3 Å². The maximum absolute atomic E-state index is 13.4. The molecule has 0 atom stereocenters. The van der Waals surface area contributed by atoms with Gasteiger partial charge in [-0.3, -0.25) is 9.52 Å². The van der Waals surface area contributed by atoms with Crippen LogP contribution in [0.15, 0.2) is 30.3 Å². The molecular formula is C21H22Cl2F4N2O3S. The van der Waals surface area contributed by atoms with Gasteiger partial charge in [0.05, 0.1) is 22.7 Å². The average molecular weight is 529 g/mol. The van der Waals surface area contributed by atoms with E-state index in [2.05, 4.69) is 14.4 Å². The highest BCUT2D eigenvalue weighted by Crippen LogP contribution is 2.34. The molecule has 0 radical (unpaired) electrons. The Morgan fingerprint density at radius 3 is 2.24 bits per heavy atom. The zero-order chi connectivity index (χ0) is 24.6. The van der Waals surface area contributed by atoms with E-state index >= 15 is 0 Å². The molecule has 5 nitrogen and oxygen atoms in total. The Hall–Kier alpha value is -2.04. The monoisotopic (exact) mass is 528 g/mol. The Kier molecular flexibility index (Phi) is 10.2. The fourth-order valence-corrected chi connectivity index (χ4v) is 3.80. The molecule has 2 aromatic carbocycles. The van der Waals surface area contributed by atoms with E-state index in [-0.39, 0.29) is 27.1 Å². The third kappa shape index (κ3) is 8.35. The van der Waals surface area contributed by atoms with Crippen molar-refractivity contribution in [2.24, 2.45) is 0 Å². The molecule has 1 saturated heterocycles. The Morgan fingerprint density at radius 1 is 1.06 bits per heavy atom. The van der Waals surface area contributed by atoms with Crippen LogP contribution in [0.4, 0.5) is 23.2 Å². The molecule has 33 heavy (non-hydrogen) atoms. The molecule has 1 aliphatic rings. The minimum Gasteiger partial charge on any atom is -0.495 e. The quantitative estimate of drug-likeness (QED) is 0.344. The fourth-order valence-electron chi connectivity index (χ4n) is 3.05. The van der Waals surface area contributed by atoms with Crippen LogP contribution in [0.1, 0.15) is 29.6 Å². The molecule has 0 bridgehead atoms. The van der Waals surface area contributed by atoms with Crippen LogP contribution in [0.5, 0.6) is 11.5 Å². The van der Waals surface area contributed by atoms with E-state index in [0.717, 1.165) is 49.6 Å². The highest BCUT2D eigenvalue weighted by molar-refractivity contribution is 7.97. The van der Waals surface area contributed by atoms with Crippen LogP contribution in [0.25, 0.3) is 0 Å². The van der Waals surface area contributed by atoms with Gasteiger partial charge in [-0.2, -0.15) is 0 Å². The molecule has 2 aromatic rings. The molecule has 1 amide bonds. The number of halogens is 6. The van der Waals surface area contributed by atoms with E-state index in [1.54, 1.807) is 12.3 Å². The zero-order valence-corrected chi connectivity index (χ0v) is 20.1. The van der Waals surface area contributed by atoms with E-state index in [1.165, 1.54) is 31.7 Å². The lowest BCUT2D eigenvalue weighted by molar-refractivity contribution is -0.274. The van der Waals surface area contributed by atoms with Crippen LogP contribution in [0.2, 0.25) is 10.0 Å². The van der Waals surface area contributed by atoms with Gasteiger partial charge in [-0.05, 0) is 43.5 Å². The summed E-state index contributed by atoms with van der Waals surface area (Å²) < 4.78 is 60.7. The van der Waals surface area contributed by atoms with Gasteiger partial charge in [-0.25, -0.2) is 4.39 Å². The molecule has 1 aliphatic heterocycles. The molecule has 12 heteroatoms. The number of methoxy groups -OCH3 is 1. The molecule has 1 heterocycles. The van der Waals surface area contributed by atoms with Crippen molar-refractivity contribution in [2.45, 2.75) is 25.6 Å². The molecule has 0 saturated carbocycles. The second kappa shape index (κ2) is 12.4. The summed E-state index contributed by atoms with van der Waals surface area (Å²) in [7, 11) is 1.38. The van der Waals surface area contributed by atoms with E-state index in [1.807, 2.05) is 0 Å². The predicted molar refractivity (Wildman–Crippen MR) is 123 cm³/mol. The van der Waals surface area contributed by atoms with Crippen LogP contribution in [-0.4, -0.2) is 38.7 Å². The summed E-state index contributed by atoms with van der Waals surface area (Å²) in [5.74, 6) is -1.34. The first kappa shape index (κ1) is 27.2. The summed E-state index contributed by atoms with van der Waals surface area (Å²) in [4.78, 5) is 13.5. The molecule has 1 fully saturated rings. The Labute approximate surface area is 203 Å². The van der Waals surface area contributed by atoms with Gasteiger partial charge in [0.15, 0.2) is 0 Å². The number of hydrogen-bond donors (Lipinski definition) is 1. The maximum Gasteiger partial charge on any atom is 0.573 e.